The molecule has 1 aliphatic rings. The van der Waals surface area contributed by atoms with Crippen LogP contribution in [0.2, 0.25) is 0 Å². The first kappa shape index (κ1) is 15.0. The molecule has 1 fully saturated rings. The molecule has 4 heteroatoms. The van der Waals surface area contributed by atoms with Crippen LogP contribution in [-0.4, -0.2) is 24.0 Å². The molecule has 1 unspecified atom stereocenters. The molecule has 2 nitrogen and oxygen atoms in total. The van der Waals surface area contributed by atoms with Gasteiger partial charge in [0.05, 0.1) is 0 Å². The van der Waals surface area contributed by atoms with E-state index in [0.29, 0.717) is 6.04 Å². The number of halogens is 2. The summed E-state index contributed by atoms with van der Waals surface area (Å²) in [6.07, 6.45) is 2.53. The van der Waals surface area contributed by atoms with Crippen LogP contribution in [0.5, 0.6) is 0 Å². The third-order valence-corrected chi connectivity index (χ3v) is 4.09. The summed E-state index contributed by atoms with van der Waals surface area (Å²) in [4.78, 5) is 2.50. The fraction of sp³-hybridized carbons (Fsp3) is 0.538. The Kier molecular flexibility index (Phi) is 5.93. The van der Waals surface area contributed by atoms with Crippen LogP contribution in [0.1, 0.15) is 24.0 Å². The van der Waals surface area contributed by atoms with E-state index in [1.54, 1.807) is 0 Å². The molecule has 2 N–H and O–H groups in total. The highest BCUT2D eigenvalue weighted by molar-refractivity contribution is 9.10. The molecule has 0 spiro atoms. The number of nitrogens with two attached hydrogens (primary N) is 1. The highest BCUT2D eigenvalue weighted by Gasteiger charge is 2.23. The fourth-order valence-corrected chi connectivity index (χ4v) is 2.99. The van der Waals surface area contributed by atoms with Crippen molar-refractivity contribution < 1.29 is 0 Å². The van der Waals surface area contributed by atoms with Crippen LogP contribution in [0.25, 0.3) is 0 Å². The number of aryl methyl sites for hydroxylation is 1. The van der Waals surface area contributed by atoms with Crippen molar-refractivity contribution in [1.82, 2.24) is 4.90 Å². The summed E-state index contributed by atoms with van der Waals surface area (Å²) in [6, 6.07) is 7.15. The molecule has 0 aromatic heterocycles. The lowest BCUT2D eigenvalue weighted by atomic mass is 10.1. The van der Waals surface area contributed by atoms with Gasteiger partial charge in [-0.15, -0.1) is 12.4 Å². The lowest BCUT2D eigenvalue weighted by Crippen LogP contribution is -2.34. The summed E-state index contributed by atoms with van der Waals surface area (Å²) in [7, 11) is 0. The maximum atomic E-state index is 5.79. The molecular weight excluding hydrogens is 300 g/mol. The standard InChI is InChI=1S/C13H19BrN2.ClH/c1-10-4-5-11(13(14)7-10)9-16-6-2-3-12(16)8-15;/h4-5,7,12H,2-3,6,8-9,15H2,1H3;1H. The van der Waals surface area contributed by atoms with Gasteiger partial charge in [0.15, 0.2) is 0 Å². The Morgan fingerprint density at radius 3 is 2.88 bits per heavy atom. The predicted octanol–water partition coefficient (Wildman–Crippen LogP) is 3.10. The minimum absolute atomic E-state index is 0. The zero-order valence-corrected chi connectivity index (χ0v) is 12.6. The van der Waals surface area contributed by atoms with Crippen LogP contribution in [0, 0.1) is 6.92 Å². The largest absolute Gasteiger partial charge is 0.329 e. The third kappa shape index (κ3) is 3.68. The van der Waals surface area contributed by atoms with Crippen molar-refractivity contribution in [1.29, 1.82) is 0 Å². The van der Waals surface area contributed by atoms with Crippen LogP contribution >= 0.6 is 28.3 Å². The first-order chi connectivity index (χ1) is 7.70. The zero-order chi connectivity index (χ0) is 11.5. The smallest absolute Gasteiger partial charge is 0.0248 e. The lowest BCUT2D eigenvalue weighted by Gasteiger charge is -2.23. The van der Waals surface area contributed by atoms with Gasteiger partial charge in [-0.2, -0.15) is 0 Å². The second-order valence-electron chi connectivity index (χ2n) is 4.60. The van der Waals surface area contributed by atoms with Crippen molar-refractivity contribution >= 4 is 28.3 Å². The van der Waals surface area contributed by atoms with E-state index in [9.17, 15) is 0 Å². The molecule has 0 amide bonds. The maximum Gasteiger partial charge on any atom is 0.0248 e. The number of hydrogen-bond donors (Lipinski definition) is 1. The molecule has 1 aliphatic heterocycles. The molecule has 1 saturated heterocycles. The summed E-state index contributed by atoms with van der Waals surface area (Å²) < 4.78 is 1.22. The Morgan fingerprint density at radius 2 is 2.24 bits per heavy atom. The molecule has 0 saturated carbocycles. The van der Waals surface area contributed by atoms with Crippen molar-refractivity contribution in [2.24, 2.45) is 5.73 Å². The molecule has 1 atom stereocenters. The first-order valence-electron chi connectivity index (χ1n) is 5.90. The molecule has 17 heavy (non-hydrogen) atoms. The van der Waals surface area contributed by atoms with Gasteiger partial charge in [0.25, 0.3) is 0 Å². The molecule has 1 aromatic rings. The van der Waals surface area contributed by atoms with Crippen molar-refractivity contribution in [3.63, 3.8) is 0 Å². The summed E-state index contributed by atoms with van der Waals surface area (Å²) in [5.74, 6) is 0. The molecular formula is C13H20BrClN2. The van der Waals surface area contributed by atoms with Gasteiger partial charge in [-0.3, -0.25) is 4.90 Å². The van der Waals surface area contributed by atoms with Crippen LogP contribution in [0.4, 0.5) is 0 Å². The van der Waals surface area contributed by atoms with Gasteiger partial charge in [0.1, 0.15) is 0 Å². The quantitative estimate of drug-likeness (QED) is 0.927. The van der Waals surface area contributed by atoms with E-state index in [4.69, 9.17) is 5.73 Å². The fourth-order valence-electron chi connectivity index (χ4n) is 2.37. The second-order valence-corrected chi connectivity index (χ2v) is 5.45. The summed E-state index contributed by atoms with van der Waals surface area (Å²) in [6.45, 7) is 5.10. The number of likely N-dealkylation sites (tertiary alicyclic amines) is 1. The summed E-state index contributed by atoms with van der Waals surface area (Å²) in [5, 5.41) is 0. The Bertz CT molecular complexity index is 370. The van der Waals surface area contributed by atoms with Crippen LogP contribution in [0.3, 0.4) is 0 Å². The van der Waals surface area contributed by atoms with Crippen molar-refractivity contribution in [2.45, 2.75) is 32.4 Å². The first-order valence-corrected chi connectivity index (χ1v) is 6.69. The van der Waals surface area contributed by atoms with Crippen LogP contribution in [0.15, 0.2) is 22.7 Å². The van der Waals surface area contributed by atoms with Crippen LogP contribution < -0.4 is 5.73 Å². The van der Waals surface area contributed by atoms with Gasteiger partial charge in [-0.25, -0.2) is 0 Å². The van der Waals surface area contributed by atoms with E-state index in [0.717, 1.165) is 13.1 Å². The normalized spacial score (nSPS) is 20.3. The van der Waals surface area contributed by atoms with Crippen molar-refractivity contribution in [3.05, 3.63) is 33.8 Å². The lowest BCUT2D eigenvalue weighted by molar-refractivity contribution is 0.250. The Hall–Kier alpha value is -0.0900. The highest BCUT2D eigenvalue weighted by Crippen LogP contribution is 2.24. The SMILES string of the molecule is Cc1ccc(CN2CCCC2CN)c(Br)c1.Cl. The number of benzene rings is 1. The third-order valence-electron chi connectivity index (χ3n) is 3.35. The van der Waals surface area contributed by atoms with Gasteiger partial charge in [-0.05, 0) is 43.5 Å². The monoisotopic (exact) mass is 318 g/mol. The van der Waals surface area contributed by atoms with Gasteiger partial charge in [0, 0.05) is 23.6 Å². The van der Waals surface area contributed by atoms with Gasteiger partial charge >= 0.3 is 0 Å². The Balaban J connectivity index is 0.00000144. The average Bonchev–Trinajstić information content (AvgIpc) is 2.69. The van der Waals surface area contributed by atoms with E-state index in [1.807, 2.05) is 0 Å². The minimum atomic E-state index is 0. The Morgan fingerprint density at radius 1 is 1.47 bits per heavy atom. The number of hydrogen-bond acceptors (Lipinski definition) is 2. The van der Waals surface area contributed by atoms with E-state index in [-0.39, 0.29) is 12.4 Å². The van der Waals surface area contributed by atoms with Crippen molar-refractivity contribution in [2.75, 3.05) is 13.1 Å². The molecule has 0 aliphatic carbocycles. The van der Waals surface area contributed by atoms with Crippen molar-refractivity contribution in [3.8, 4) is 0 Å². The molecule has 0 bridgehead atoms. The van der Waals surface area contributed by atoms with E-state index < -0.39 is 0 Å². The Labute approximate surface area is 118 Å². The van der Waals surface area contributed by atoms with E-state index in [1.165, 1.54) is 35.0 Å². The zero-order valence-electron chi connectivity index (χ0n) is 10.2. The molecule has 0 radical (unpaired) electrons. The predicted molar refractivity (Wildman–Crippen MR) is 78.6 cm³/mol. The van der Waals surface area contributed by atoms with Gasteiger partial charge in [-0.1, -0.05) is 28.1 Å². The maximum absolute atomic E-state index is 5.79. The topological polar surface area (TPSA) is 29.3 Å². The molecule has 1 aromatic carbocycles. The average molecular weight is 320 g/mol. The summed E-state index contributed by atoms with van der Waals surface area (Å²) >= 11 is 3.64. The molecule has 1 heterocycles. The van der Waals surface area contributed by atoms with Gasteiger partial charge in [0.2, 0.25) is 0 Å². The van der Waals surface area contributed by atoms with E-state index >= 15 is 0 Å². The molecule has 2 rings (SSSR count). The van der Waals surface area contributed by atoms with Gasteiger partial charge < -0.3 is 5.73 Å². The number of rotatable bonds is 3. The van der Waals surface area contributed by atoms with E-state index in [2.05, 4.69) is 46.0 Å². The second kappa shape index (κ2) is 6.74. The van der Waals surface area contributed by atoms with Crippen LogP contribution in [-0.2, 0) is 6.54 Å². The summed E-state index contributed by atoms with van der Waals surface area (Å²) in [5.41, 5.74) is 8.45. The minimum Gasteiger partial charge on any atom is -0.329 e. The highest BCUT2D eigenvalue weighted by atomic mass is 79.9. The molecule has 96 valence electrons. The number of nitrogens with zero attached hydrogens (tertiary/aromatic N) is 1.